The van der Waals surface area contributed by atoms with Crippen LogP contribution in [-0.4, -0.2) is 47.2 Å². The van der Waals surface area contributed by atoms with Gasteiger partial charge in [0.25, 0.3) is 0 Å². The summed E-state index contributed by atoms with van der Waals surface area (Å²) in [6.45, 7) is 3.89. The summed E-state index contributed by atoms with van der Waals surface area (Å²) in [6.07, 6.45) is 3.69. The third kappa shape index (κ3) is 2.95. The van der Waals surface area contributed by atoms with Gasteiger partial charge in [0.05, 0.1) is 19.3 Å². The quantitative estimate of drug-likeness (QED) is 0.734. The summed E-state index contributed by atoms with van der Waals surface area (Å²) in [5, 5.41) is 0. The van der Waals surface area contributed by atoms with Crippen LogP contribution < -0.4 is 5.73 Å². The molecule has 0 bridgehead atoms. The average molecular weight is 208 g/mol. The van der Waals surface area contributed by atoms with Gasteiger partial charge in [0.15, 0.2) is 0 Å². The first-order valence-corrected chi connectivity index (χ1v) is 5.18. The third-order valence-electron chi connectivity index (χ3n) is 2.47. The molecule has 1 aromatic rings. The molecular formula is C10H16N4O. The minimum atomic E-state index is 0.155. The van der Waals surface area contributed by atoms with Gasteiger partial charge in [-0.2, -0.15) is 0 Å². The molecule has 5 heteroatoms. The molecule has 1 aliphatic rings. The van der Waals surface area contributed by atoms with E-state index in [9.17, 15) is 0 Å². The number of hydrogen-bond acceptors (Lipinski definition) is 5. The molecule has 0 aromatic carbocycles. The molecule has 0 saturated carbocycles. The van der Waals surface area contributed by atoms with Crippen LogP contribution in [-0.2, 0) is 11.3 Å². The van der Waals surface area contributed by atoms with E-state index < -0.39 is 0 Å². The highest BCUT2D eigenvalue weighted by atomic mass is 16.5. The molecule has 1 atom stereocenters. The Morgan fingerprint density at radius 3 is 3.00 bits per heavy atom. The summed E-state index contributed by atoms with van der Waals surface area (Å²) < 4.78 is 5.49. The van der Waals surface area contributed by atoms with Gasteiger partial charge in [0, 0.05) is 32.0 Å². The SMILES string of the molecule is NCC1CN(Cc2ncccn2)CCO1. The van der Waals surface area contributed by atoms with Crippen molar-refractivity contribution in [1.82, 2.24) is 14.9 Å². The average Bonchev–Trinajstić information content (AvgIpc) is 2.31. The van der Waals surface area contributed by atoms with Gasteiger partial charge in [-0.3, -0.25) is 4.90 Å². The Morgan fingerprint density at radius 2 is 2.27 bits per heavy atom. The van der Waals surface area contributed by atoms with Gasteiger partial charge < -0.3 is 10.5 Å². The lowest BCUT2D eigenvalue weighted by Gasteiger charge is -2.31. The minimum absolute atomic E-state index is 0.155. The summed E-state index contributed by atoms with van der Waals surface area (Å²) in [4.78, 5) is 10.7. The summed E-state index contributed by atoms with van der Waals surface area (Å²) in [5.74, 6) is 0.857. The van der Waals surface area contributed by atoms with Crippen LogP contribution in [0, 0.1) is 0 Å². The summed E-state index contributed by atoms with van der Waals surface area (Å²) in [6, 6.07) is 1.82. The standard InChI is InChI=1S/C10H16N4O/c11-6-9-7-14(4-5-15-9)8-10-12-2-1-3-13-10/h1-3,9H,4-8,11H2. The highest BCUT2D eigenvalue weighted by Gasteiger charge is 2.19. The first kappa shape index (κ1) is 10.5. The number of ether oxygens (including phenoxy) is 1. The van der Waals surface area contributed by atoms with Gasteiger partial charge in [-0.25, -0.2) is 9.97 Å². The topological polar surface area (TPSA) is 64.3 Å². The maximum atomic E-state index is 5.58. The van der Waals surface area contributed by atoms with Crippen LogP contribution in [0.3, 0.4) is 0 Å². The van der Waals surface area contributed by atoms with Crippen LogP contribution in [0.25, 0.3) is 0 Å². The van der Waals surface area contributed by atoms with Crippen molar-refractivity contribution in [1.29, 1.82) is 0 Å². The zero-order chi connectivity index (χ0) is 10.5. The fraction of sp³-hybridized carbons (Fsp3) is 0.600. The second-order valence-electron chi connectivity index (χ2n) is 3.63. The molecule has 82 valence electrons. The van der Waals surface area contributed by atoms with Gasteiger partial charge >= 0.3 is 0 Å². The van der Waals surface area contributed by atoms with Gasteiger partial charge in [-0.1, -0.05) is 0 Å². The zero-order valence-corrected chi connectivity index (χ0v) is 8.67. The molecule has 2 N–H and O–H groups in total. The molecule has 1 aliphatic heterocycles. The maximum Gasteiger partial charge on any atom is 0.142 e. The number of morpholine rings is 1. The predicted molar refractivity (Wildman–Crippen MR) is 56.1 cm³/mol. The summed E-state index contributed by atoms with van der Waals surface area (Å²) >= 11 is 0. The molecular weight excluding hydrogens is 192 g/mol. The number of rotatable bonds is 3. The Balaban J connectivity index is 1.89. The van der Waals surface area contributed by atoms with E-state index in [-0.39, 0.29) is 6.10 Å². The van der Waals surface area contributed by atoms with E-state index in [1.165, 1.54) is 0 Å². The van der Waals surface area contributed by atoms with Crippen molar-refractivity contribution in [3.05, 3.63) is 24.3 Å². The number of hydrogen-bond donors (Lipinski definition) is 1. The summed E-state index contributed by atoms with van der Waals surface area (Å²) in [7, 11) is 0. The van der Waals surface area contributed by atoms with Crippen LogP contribution in [0.1, 0.15) is 5.82 Å². The molecule has 1 fully saturated rings. The first-order valence-electron chi connectivity index (χ1n) is 5.18. The lowest BCUT2D eigenvalue weighted by molar-refractivity contribution is -0.0268. The van der Waals surface area contributed by atoms with E-state index in [0.29, 0.717) is 6.54 Å². The maximum absolute atomic E-state index is 5.58. The van der Waals surface area contributed by atoms with Crippen LogP contribution in [0.5, 0.6) is 0 Å². The van der Waals surface area contributed by atoms with Crippen LogP contribution in [0.2, 0.25) is 0 Å². The Hall–Kier alpha value is -1.04. The van der Waals surface area contributed by atoms with Gasteiger partial charge in [0.1, 0.15) is 5.82 Å². The van der Waals surface area contributed by atoms with Crippen molar-refractivity contribution in [2.45, 2.75) is 12.6 Å². The molecule has 2 rings (SSSR count). The second kappa shape index (κ2) is 5.16. The lowest BCUT2D eigenvalue weighted by Crippen LogP contribution is -2.45. The van der Waals surface area contributed by atoms with Crippen LogP contribution in [0.15, 0.2) is 18.5 Å². The highest BCUT2D eigenvalue weighted by Crippen LogP contribution is 2.06. The molecule has 1 saturated heterocycles. The minimum Gasteiger partial charge on any atom is -0.374 e. The number of nitrogens with zero attached hydrogens (tertiary/aromatic N) is 3. The first-order chi connectivity index (χ1) is 7.38. The van der Waals surface area contributed by atoms with Gasteiger partial charge in [-0.05, 0) is 6.07 Å². The van der Waals surface area contributed by atoms with E-state index in [0.717, 1.165) is 32.1 Å². The van der Waals surface area contributed by atoms with Crippen LogP contribution in [0.4, 0.5) is 0 Å². The molecule has 0 spiro atoms. The van der Waals surface area contributed by atoms with Gasteiger partial charge in [0.2, 0.25) is 0 Å². The van der Waals surface area contributed by atoms with Crippen molar-refractivity contribution < 1.29 is 4.74 Å². The van der Waals surface area contributed by atoms with Gasteiger partial charge in [-0.15, -0.1) is 0 Å². The molecule has 1 unspecified atom stereocenters. The van der Waals surface area contributed by atoms with E-state index in [4.69, 9.17) is 10.5 Å². The number of aromatic nitrogens is 2. The Labute approximate surface area is 89.3 Å². The van der Waals surface area contributed by atoms with Crippen molar-refractivity contribution in [2.24, 2.45) is 5.73 Å². The molecule has 1 aromatic heterocycles. The van der Waals surface area contributed by atoms with E-state index >= 15 is 0 Å². The van der Waals surface area contributed by atoms with E-state index in [1.54, 1.807) is 12.4 Å². The molecule has 5 nitrogen and oxygen atoms in total. The van der Waals surface area contributed by atoms with Crippen molar-refractivity contribution in [3.63, 3.8) is 0 Å². The monoisotopic (exact) mass is 208 g/mol. The second-order valence-corrected chi connectivity index (χ2v) is 3.63. The predicted octanol–water partition coefficient (Wildman–Crippen LogP) is -0.364. The zero-order valence-electron chi connectivity index (χ0n) is 8.67. The molecule has 15 heavy (non-hydrogen) atoms. The molecule has 2 heterocycles. The van der Waals surface area contributed by atoms with Crippen LogP contribution >= 0.6 is 0 Å². The highest BCUT2D eigenvalue weighted by molar-refractivity contribution is 4.89. The molecule has 0 aliphatic carbocycles. The largest absolute Gasteiger partial charge is 0.374 e. The summed E-state index contributed by atoms with van der Waals surface area (Å²) in [5.41, 5.74) is 5.58. The molecule has 0 radical (unpaired) electrons. The fourth-order valence-electron chi connectivity index (χ4n) is 1.68. The Bertz CT molecular complexity index is 293. The van der Waals surface area contributed by atoms with Crippen molar-refractivity contribution in [2.75, 3.05) is 26.2 Å². The number of nitrogens with two attached hydrogens (primary N) is 1. The normalized spacial score (nSPS) is 22.9. The smallest absolute Gasteiger partial charge is 0.142 e. The Morgan fingerprint density at radius 1 is 1.47 bits per heavy atom. The lowest BCUT2D eigenvalue weighted by atomic mass is 10.2. The van der Waals surface area contributed by atoms with E-state index in [2.05, 4.69) is 14.9 Å². The van der Waals surface area contributed by atoms with E-state index in [1.807, 2.05) is 6.07 Å². The van der Waals surface area contributed by atoms with Crippen molar-refractivity contribution >= 4 is 0 Å². The van der Waals surface area contributed by atoms with Crippen molar-refractivity contribution in [3.8, 4) is 0 Å². The molecule has 0 amide bonds. The Kier molecular flexibility index (Phi) is 3.60. The fourth-order valence-corrected chi connectivity index (χ4v) is 1.68. The third-order valence-corrected chi connectivity index (χ3v) is 2.47.